The van der Waals surface area contributed by atoms with Crippen LogP contribution in [0.2, 0.25) is 0 Å². The highest BCUT2D eigenvalue weighted by atomic mass is 32.1. The summed E-state index contributed by atoms with van der Waals surface area (Å²) in [7, 11) is 1.44. The molecule has 0 saturated heterocycles. The summed E-state index contributed by atoms with van der Waals surface area (Å²) in [5.74, 6) is -1.39. The van der Waals surface area contributed by atoms with Gasteiger partial charge in [0.25, 0.3) is 11.8 Å². The van der Waals surface area contributed by atoms with E-state index in [1.807, 2.05) is 0 Å². The van der Waals surface area contributed by atoms with E-state index in [0.717, 1.165) is 9.56 Å². The molecule has 0 radical (unpaired) electrons. The Hall–Kier alpha value is -2.75. The number of nitro groups is 1. The maximum absolute atomic E-state index is 12.4. The van der Waals surface area contributed by atoms with E-state index < -0.39 is 16.7 Å². The average Bonchev–Trinajstić information content (AvgIpc) is 2.86. The minimum atomic E-state index is -0.719. The number of aromatic nitrogens is 2. The van der Waals surface area contributed by atoms with Crippen LogP contribution in [-0.2, 0) is 7.05 Å². The maximum atomic E-state index is 12.4. The van der Waals surface area contributed by atoms with Gasteiger partial charge in [-0.15, -0.1) is 11.3 Å². The number of hydrogen-bond donors (Lipinski definition) is 2. The van der Waals surface area contributed by atoms with Gasteiger partial charge in [-0.3, -0.25) is 24.4 Å². The number of primary amides is 1. The first-order chi connectivity index (χ1) is 10.6. The van der Waals surface area contributed by atoms with Crippen LogP contribution in [0.25, 0.3) is 0 Å². The number of nitrogens with zero attached hydrogens (tertiary/aromatic N) is 3. The van der Waals surface area contributed by atoms with Gasteiger partial charge in [-0.05, 0) is 26.3 Å². The molecule has 0 aliphatic rings. The fraction of sp³-hybridized carbons (Fsp3) is 0.308. The molecule has 2 heterocycles. The normalized spacial score (nSPS) is 10.6. The van der Waals surface area contributed by atoms with E-state index in [1.54, 1.807) is 13.8 Å². The molecule has 122 valence electrons. The van der Waals surface area contributed by atoms with E-state index >= 15 is 0 Å². The molecule has 0 bridgehead atoms. The molecule has 0 atom stereocenters. The smallest absolute Gasteiger partial charge is 0.322 e. The molecular weight excluding hydrogens is 322 g/mol. The van der Waals surface area contributed by atoms with Crippen LogP contribution in [0, 0.1) is 30.9 Å². The summed E-state index contributed by atoms with van der Waals surface area (Å²) in [4.78, 5) is 35.3. The van der Waals surface area contributed by atoms with Gasteiger partial charge in [0.2, 0.25) is 5.69 Å². The third-order valence-corrected chi connectivity index (χ3v) is 4.57. The third kappa shape index (κ3) is 2.80. The predicted octanol–water partition coefficient (Wildman–Crippen LogP) is 1.67. The van der Waals surface area contributed by atoms with Crippen LogP contribution in [0.5, 0.6) is 0 Å². The Morgan fingerprint density at radius 1 is 1.35 bits per heavy atom. The minimum Gasteiger partial charge on any atom is -0.365 e. The summed E-state index contributed by atoms with van der Waals surface area (Å²) in [5.41, 5.74) is 5.81. The summed E-state index contributed by atoms with van der Waals surface area (Å²) in [5, 5.41) is 17.8. The van der Waals surface area contributed by atoms with Crippen molar-refractivity contribution in [3.8, 4) is 0 Å². The van der Waals surface area contributed by atoms with E-state index in [2.05, 4.69) is 10.4 Å². The first-order valence-electron chi connectivity index (χ1n) is 6.54. The molecule has 0 saturated carbocycles. The van der Waals surface area contributed by atoms with Gasteiger partial charge in [0.1, 0.15) is 10.7 Å². The fourth-order valence-corrected chi connectivity index (χ4v) is 3.35. The third-order valence-electron chi connectivity index (χ3n) is 3.45. The number of anilines is 1. The molecule has 0 aliphatic heterocycles. The highest BCUT2D eigenvalue weighted by Gasteiger charge is 2.30. The van der Waals surface area contributed by atoms with Crippen molar-refractivity contribution in [1.29, 1.82) is 0 Å². The van der Waals surface area contributed by atoms with Gasteiger partial charge in [-0.1, -0.05) is 0 Å². The van der Waals surface area contributed by atoms with Gasteiger partial charge < -0.3 is 11.1 Å². The second kappa shape index (κ2) is 5.80. The van der Waals surface area contributed by atoms with Crippen LogP contribution in [0.15, 0.2) is 0 Å². The standard InChI is InChI=1S/C13H15N5O4S/c1-5-7(3)23-13(8(5)11(14)19)15-12(20)10-9(18(21)22)6(2)16-17(10)4/h1-4H3,(H2,14,19)(H,15,20). The summed E-state index contributed by atoms with van der Waals surface area (Å²) < 4.78 is 1.14. The molecular formula is C13H15N5O4S. The molecule has 0 unspecified atom stereocenters. The van der Waals surface area contributed by atoms with Crippen LogP contribution in [-0.4, -0.2) is 26.5 Å². The van der Waals surface area contributed by atoms with Crippen molar-refractivity contribution in [2.75, 3.05) is 5.32 Å². The highest BCUT2D eigenvalue weighted by molar-refractivity contribution is 7.16. The molecule has 9 nitrogen and oxygen atoms in total. The topological polar surface area (TPSA) is 133 Å². The Balaban J connectivity index is 2.48. The molecule has 0 aromatic carbocycles. The lowest BCUT2D eigenvalue weighted by Crippen LogP contribution is -2.20. The van der Waals surface area contributed by atoms with Crippen molar-refractivity contribution in [2.24, 2.45) is 12.8 Å². The number of thiophene rings is 1. The minimum absolute atomic E-state index is 0.135. The molecule has 3 N–H and O–H groups in total. The summed E-state index contributed by atoms with van der Waals surface area (Å²) in [6.45, 7) is 4.96. The molecule has 0 aliphatic carbocycles. The van der Waals surface area contributed by atoms with Gasteiger partial charge in [-0.25, -0.2) is 0 Å². The number of rotatable bonds is 4. The number of carbonyl (C=O) groups excluding carboxylic acids is 2. The lowest BCUT2D eigenvalue weighted by molar-refractivity contribution is -0.385. The second-order valence-electron chi connectivity index (χ2n) is 4.97. The van der Waals surface area contributed by atoms with Gasteiger partial charge in [0, 0.05) is 11.9 Å². The van der Waals surface area contributed by atoms with Crippen LogP contribution in [0.4, 0.5) is 10.7 Å². The van der Waals surface area contributed by atoms with E-state index in [4.69, 9.17) is 5.73 Å². The van der Waals surface area contributed by atoms with E-state index in [-0.39, 0.29) is 27.6 Å². The first-order valence-corrected chi connectivity index (χ1v) is 7.35. The average molecular weight is 337 g/mol. The Bertz CT molecular complexity index is 836. The zero-order valence-electron chi connectivity index (χ0n) is 13.0. The quantitative estimate of drug-likeness (QED) is 0.646. The van der Waals surface area contributed by atoms with Crippen molar-refractivity contribution in [3.05, 3.63) is 37.5 Å². The monoisotopic (exact) mass is 337 g/mol. The molecule has 2 amide bonds. The first kappa shape index (κ1) is 16.6. The molecule has 10 heteroatoms. The fourth-order valence-electron chi connectivity index (χ4n) is 2.29. The predicted molar refractivity (Wildman–Crippen MR) is 84.9 cm³/mol. The van der Waals surface area contributed by atoms with Gasteiger partial charge in [-0.2, -0.15) is 5.10 Å². The van der Waals surface area contributed by atoms with E-state index in [0.29, 0.717) is 5.56 Å². The molecule has 2 aromatic rings. The van der Waals surface area contributed by atoms with Gasteiger partial charge in [0.15, 0.2) is 0 Å². The van der Waals surface area contributed by atoms with E-state index in [9.17, 15) is 19.7 Å². The summed E-state index contributed by atoms with van der Waals surface area (Å²) in [6, 6.07) is 0. The Labute approximate surface area is 135 Å². The second-order valence-corrected chi connectivity index (χ2v) is 6.19. The van der Waals surface area contributed by atoms with Crippen molar-refractivity contribution >= 4 is 33.8 Å². The Kier molecular flexibility index (Phi) is 4.19. The number of nitrogens with two attached hydrogens (primary N) is 1. The van der Waals surface area contributed by atoms with Gasteiger partial charge in [0.05, 0.1) is 10.5 Å². The van der Waals surface area contributed by atoms with Crippen molar-refractivity contribution < 1.29 is 14.5 Å². The molecule has 0 fully saturated rings. The largest absolute Gasteiger partial charge is 0.365 e. The number of aryl methyl sites for hydroxylation is 3. The lowest BCUT2D eigenvalue weighted by Gasteiger charge is -2.05. The number of amides is 2. The number of carbonyl (C=O) groups is 2. The Morgan fingerprint density at radius 2 is 1.96 bits per heavy atom. The van der Waals surface area contributed by atoms with E-state index in [1.165, 1.54) is 25.3 Å². The molecule has 2 aromatic heterocycles. The van der Waals surface area contributed by atoms with Crippen molar-refractivity contribution in [1.82, 2.24) is 9.78 Å². The molecule has 2 rings (SSSR count). The van der Waals surface area contributed by atoms with Crippen molar-refractivity contribution in [3.63, 3.8) is 0 Å². The maximum Gasteiger partial charge on any atom is 0.322 e. The lowest BCUT2D eigenvalue weighted by atomic mass is 10.1. The summed E-state index contributed by atoms with van der Waals surface area (Å²) >= 11 is 1.19. The zero-order valence-corrected chi connectivity index (χ0v) is 13.8. The van der Waals surface area contributed by atoms with Crippen LogP contribution >= 0.6 is 11.3 Å². The van der Waals surface area contributed by atoms with Crippen LogP contribution < -0.4 is 11.1 Å². The number of nitrogens with one attached hydrogen (secondary N) is 1. The zero-order chi connectivity index (χ0) is 17.5. The number of hydrogen-bond acceptors (Lipinski definition) is 6. The van der Waals surface area contributed by atoms with Crippen LogP contribution in [0.3, 0.4) is 0 Å². The SMILES string of the molecule is Cc1nn(C)c(C(=O)Nc2sc(C)c(C)c2C(N)=O)c1[N+](=O)[O-]. The highest BCUT2D eigenvalue weighted by Crippen LogP contribution is 2.33. The molecule has 0 spiro atoms. The van der Waals surface area contributed by atoms with Crippen LogP contribution in [0.1, 0.15) is 37.0 Å². The summed E-state index contributed by atoms with van der Waals surface area (Å²) in [6.07, 6.45) is 0. The Morgan fingerprint density at radius 3 is 2.48 bits per heavy atom. The van der Waals surface area contributed by atoms with Crippen molar-refractivity contribution in [2.45, 2.75) is 20.8 Å². The van der Waals surface area contributed by atoms with Gasteiger partial charge >= 0.3 is 5.69 Å². The molecule has 23 heavy (non-hydrogen) atoms.